The van der Waals surface area contributed by atoms with Crippen LogP contribution in [0.4, 0.5) is 0 Å². The Hall–Kier alpha value is -1.99. The number of thioether (sulfide) groups is 1. The number of amides is 2. The van der Waals surface area contributed by atoms with Gasteiger partial charge in [-0.1, -0.05) is 30.4 Å². The lowest BCUT2D eigenvalue weighted by atomic mass is 10.1. The van der Waals surface area contributed by atoms with E-state index in [1.165, 1.54) is 0 Å². The van der Waals surface area contributed by atoms with Crippen molar-refractivity contribution in [1.82, 2.24) is 15.5 Å². The maximum absolute atomic E-state index is 12.3. The smallest absolute Gasteiger partial charge is 0.237 e. The van der Waals surface area contributed by atoms with Crippen LogP contribution in [0.15, 0.2) is 30.3 Å². The van der Waals surface area contributed by atoms with E-state index in [4.69, 9.17) is 4.74 Å². The Kier molecular flexibility index (Phi) is 9.21. The molecule has 1 fully saturated rings. The van der Waals surface area contributed by atoms with E-state index >= 15 is 0 Å². The van der Waals surface area contributed by atoms with Gasteiger partial charge in [-0.05, 0) is 24.5 Å². The minimum absolute atomic E-state index is 0.0724. The van der Waals surface area contributed by atoms with Crippen molar-refractivity contribution in [2.24, 2.45) is 0 Å². The van der Waals surface area contributed by atoms with Crippen LogP contribution in [0, 0.1) is 0 Å². The topological polar surface area (TPSA) is 70.7 Å². The summed E-state index contributed by atoms with van der Waals surface area (Å²) in [6.07, 6.45) is 7.18. The molecular weight excluding hydrogens is 362 g/mol. The molecular formula is C20H29N3O3S. The molecule has 1 atom stereocenters. The fraction of sp³-hybridized carbons (Fsp3) is 0.500. The van der Waals surface area contributed by atoms with Gasteiger partial charge in [-0.15, -0.1) is 0 Å². The molecule has 0 bridgehead atoms. The molecule has 1 aromatic rings. The summed E-state index contributed by atoms with van der Waals surface area (Å²) >= 11 is 1.76. The number of nitrogens with zero attached hydrogens (tertiary/aromatic N) is 1. The number of para-hydroxylation sites is 1. The van der Waals surface area contributed by atoms with Crippen LogP contribution in [0.3, 0.4) is 0 Å². The first-order valence-corrected chi connectivity index (χ1v) is 10.6. The van der Waals surface area contributed by atoms with Crippen molar-refractivity contribution in [3.8, 4) is 5.75 Å². The predicted octanol–water partition coefficient (Wildman–Crippen LogP) is 1.77. The van der Waals surface area contributed by atoms with Gasteiger partial charge in [0.15, 0.2) is 0 Å². The van der Waals surface area contributed by atoms with Gasteiger partial charge >= 0.3 is 0 Å². The Bertz CT molecular complexity index is 651. The molecule has 1 aliphatic heterocycles. The summed E-state index contributed by atoms with van der Waals surface area (Å²) < 4.78 is 5.35. The van der Waals surface area contributed by atoms with Crippen molar-refractivity contribution in [2.75, 3.05) is 45.3 Å². The summed E-state index contributed by atoms with van der Waals surface area (Å²) in [4.78, 5) is 26.5. The zero-order chi connectivity index (χ0) is 19.5. The first-order chi connectivity index (χ1) is 13.2. The van der Waals surface area contributed by atoms with E-state index in [0.29, 0.717) is 19.6 Å². The summed E-state index contributed by atoms with van der Waals surface area (Å²) in [6, 6.07) is 7.36. The number of piperazine rings is 1. The minimum atomic E-state index is -0.429. The van der Waals surface area contributed by atoms with Gasteiger partial charge in [0, 0.05) is 31.7 Å². The summed E-state index contributed by atoms with van der Waals surface area (Å²) in [5.74, 6) is 1.68. The van der Waals surface area contributed by atoms with Crippen molar-refractivity contribution in [1.29, 1.82) is 0 Å². The van der Waals surface area contributed by atoms with Crippen LogP contribution >= 0.6 is 11.8 Å². The van der Waals surface area contributed by atoms with Gasteiger partial charge < -0.3 is 15.4 Å². The van der Waals surface area contributed by atoms with Gasteiger partial charge in [0.2, 0.25) is 11.8 Å². The van der Waals surface area contributed by atoms with Gasteiger partial charge in [-0.2, -0.15) is 11.8 Å². The second kappa shape index (κ2) is 11.7. The maximum Gasteiger partial charge on any atom is 0.237 e. The molecule has 0 aliphatic carbocycles. The number of hydrogen-bond donors (Lipinski definition) is 2. The highest BCUT2D eigenvalue weighted by atomic mass is 32.2. The molecule has 6 nitrogen and oxygen atoms in total. The highest BCUT2D eigenvalue weighted by Crippen LogP contribution is 2.19. The third-order valence-corrected chi connectivity index (χ3v) is 5.14. The van der Waals surface area contributed by atoms with Crippen molar-refractivity contribution in [2.45, 2.75) is 18.9 Å². The number of carbonyl (C=O) groups is 2. The van der Waals surface area contributed by atoms with E-state index < -0.39 is 6.04 Å². The Morgan fingerprint density at radius 3 is 3.04 bits per heavy atom. The van der Waals surface area contributed by atoms with Crippen LogP contribution in [0.1, 0.15) is 18.4 Å². The number of ether oxygens (including phenoxy) is 1. The van der Waals surface area contributed by atoms with Gasteiger partial charge in [0.05, 0.1) is 19.6 Å². The van der Waals surface area contributed by atoms with Crippen LogP contribution in [0.25, 0.3) is 6.08 Å². The van der Waals surface area contributed by atoms with Crippen molar-refractivity contribution in [3.05, 3.63) is 35.9 Å². The first kappa shape index (κ1) is 21.3. The van der Waals surface area contributed by atoms with Gasteiger partial charge in [0.25, 0.3) is 0 Å². The fourth-order valence-electron chi connectivity index (χ4n) is 3.01. The molecule has 2 amide bonds. The lowest BCUT2D eigenvalue weighted by Crippen LogP contribution is -2.56. The molecule has 0 spiro atoms. The number of nitrogens with one attached hydrogen (secondary N) is 2. The largest absolute Gasteiger partial charge is 0.496 e. The molecule has 2 N–H and O–H groups in total. The van der Waals surface area contributed by atoms with Crippen molar-refractivity contribution >= 4 is 29.7 Å². The normalized spacial score (nSPS) is 17.7. The van der Waals surface area contributed by atoms with Crippen LogP contribution in [-0.2, 0) is 9.59 Å². The predicted molar refractivity (Wildman–Crippen MR) is 111 cm³/mol. The molecule has 27 heavy (non-hydrogen) atoms. The number of hydrogen-bond acceptors (Lipinski definition) is 5. The van der Waals surface area contributed by atoms with E-state index in [0.717, 1.165) is 30.0 Å². The maximum atomic E-state index is 12.3. The summed E-state index contributed by atoms with van der Waals surface area (Å²) in [5, 5.41) is 5.77. The van der Waals surface area contributed by atoms with Crippen LogP contribution in [0.5, 0.6) is 5.75 Å². The van der Waals surface area contributed by atoms with Crippen molar-refractivity contribution in [3.63, 3.8) is 0 Å². The molecule has 1 heterocycles. The molecule has 7 heteroatoms. The molecule has 1 aromatic carbocycles. The van der Waals surface area contributed by atoms with Crippen molar-refractivity contribution < 1.29 is 14.3 Å². The Labute approximate surface area is 165 Å². The Morgan fingerprint density at radius 2 is 2.26 bits per heavy atom. The zero-order valence-electron chi connectivity index (χ0n) is 16.1. The summed E-state index contributed by atoms with van der Waals surface area (Å²) in [7, 11) is 1.65. The van der Waals surface area contributed by atoms with E-state index in [2.05, 4.69) is 10.6 Å². The average Bonchev–Trinajstić information content (AvgIpc) is 2.68. The molecule has 1 aliphatic rings. The Balaban J connectivity index is 1.91. The molecule has 148 valence electrons. The zero-order valence-corrected chi connectivity index (χ0v) is 16.9. The van der Waals surface area contributed by atoms with E-state index in [1.54, 1.807) is 18.9 Å². The highest BCUT2D eigenvalue weighted by Gasteiger charge is 2.30. The summed E-state index contributed by atoms with van der Waals surface area (Å²) in [5.41, 5.74) is 0.990. The van der Waals surface area contributed by atoms with E-state index in [9.17, 15) is 9.59 Å². The van der Waals surface area contributed by atoms with Gasteiger partial charge in [0.1, 0.15) is 5.75 Å². The molecule has 0 aromatic heterocycles. The average molecular weight is 392 g/mol. The van der Waals surface area contributed by atoms with Crippen LogP contribution in [-0.4, -0.2) is 68.1 Å². The number of methoxy groups -OCH3 is 1. The second-order valence-electron chi connectivity index (χ2n) is 6.35. The summed E-state index contributed by atoms with van der Waals surface area (Å²) in [6.45, 7) is 2.59. The number of benzene rings is 1. The third-order valence-electron chi connectivity index (χ3n) is 4.44. The fourth-order valence-corrected chi connectivity index (χ4v) is 3.45. The molecule has 1 saturated heterocycles. The van der Waals surface area contributed by atoms with Gasteiger partial charge in [-0.25, -0.2) is 0 Å². The monoisotopic (exact) mass is 391 g/mol. The van der Waals surface area contributed by atoms with Gasteiger partial charge in [-0.3, -0.25) is 14.5 Å². The third kappa shape index (κ3) is 6.92. The molecule has 2 rings (SSSR count). The van der Waals surface area contributed by atoms with Crippen LogP contribution in [0.2, 0.25) is 0 Å². The first-order valence-electron chi connectivity index (χ1n) is 9.22. The van der Waals surface area contributed by atoms with E-state index in [1.807, 2.05) is 47.6 Å². The van der Waals surface area contributed by atoms with E-state index in [-0.39, 0.29) is 18.2 Å². The number of carbonyl (C=O) groups excluding carboxylic acids is 2. The molecule has 0 radical (unpaired) electrons. The quantitative estimate of drug-likeness (QED) is 0.595. The highest BCUT2D eigenvalue weighted by molar-refractivity contribution is 7.98. The SMILES string of the molecule is COc1ccccc1/C=C/CN1CCNC(=O)C1CC(=O)NCCCSC. The second-order valence-corrected chi connectivity index (χ2v) is 7.33. The Morgan fingerprint density at radius 1 is 1.44 bits per heavy atom. The minimum Gasteiger partial charge on any atom is -0.496 e. The van der Waals surface area contributed by atoms with Crippen LogP contribution < -0.4 is 15.4 Å². The number of rotatable bonds is 10. The molecule has 0 saturated carbocycles. The lowest BCUT2D eigenvalue weighted by Gasteiger charge is -2.33. The molecule has 1 unspecified atom stereocenters. The standard InChI is InChI=1S/C20H29N3O3S/c1-26-18-9-4-3-7-16(18)8-5-12-23-13-11-22-20(25)17(23)15-19(24)21-10-6-14-27-2/h3-5,7-9,17H,6,10-15H2,1-2H3,(H,21,24)(H,22,25)/b8-5+. The lowest BCUT2D eigenvalue weighted by molar-refractivity contribution is -0.133.